The number of oxime groups is 1. The highest BCUT2D eigenvalue weighted by molar-refractivity contribution is 5.97. The number of nitrogens with zero attached hydrogens (tertiary/aromatic N) is 2. The molecule has 2 atom stereocenters. The minimum absolute atomic E-state index is 0.0769. The maximum Gasteiger partial charge on any atom is 0.170 e. The third-order valence-corrected chi connectivity index (χ3v) is 3.89. The van der Waals surface area contributed by atoms with E-state index in [0.29, 0.717) is 23.3 Å². The fourth-order valence-electron chi connectivity index (χ4n) is 2.84. The second-order valence-corrected chi connectivity index (χ2v) is 5.05. The summed E-state index contributed by atoms with van der Waals surface area (Å²) < 4.78 is 14.2. The van der Waals surface area contributed by atoms with Gasteiger partial charge in [0, 0.05) is 17.6 Å². The van der Waals surface area contributed by atoms with Crippen molar-refractivity contribution in [1.29, 1.82) is 0 Å². The fraction of sp³-hybridized carbons (Fsp3) is 0.500. The van der Waals surface area contributed by atoms with Gasteiger partial charge in [-0.1, -0.05) is 12.1 Å². The zero-order valence-electron chi connectivity index (χ0n) is 11.3. The number of hydrogen-bond acceptors (Lipinski definition) is 3. The van der Waals surface area contributed by atoms with E-state index in [2.05, 4.69) is 23.9 Å². The van der Waals surface area contributed by atoms with Crippen LogP contribution in [-0.2, 0) is 0 Å². The second kappa shape index (κ2) is 5.47. The highest BCUT2D eigenvalue weighted by Crippen LogP contribution is 2.33. The van der Waals surface area contributed by atoms with E-state index in [1.54, 1.807) is 12.1 Å². The molecular weight excluding hydrogens is 245 g/mol. The molecule has 19 heavy (non-hydrogen) atoms. The summed E-state index contributed by atoms with van der Waals surface area (Å²) in [4.78, 5) is 2.14. The molecule has 0 spiro atoms. The molecule has 1 saturated heterocycles. The predicted molar refractivity (Wildman–Crippen MR) is 74.2 cm³/mol. The molecule has 1 aromatic carbocycles. The summed E-state index contributed by atoms with van der Waals surface area (Å²) in [5.41, 5.74) is 6.46. The Hall–Kier alpha value is -1.78. The lowest BCUT2D eigenvalue weighted by atomic mass is 10.1. The number of benzene rings is 1. The Balaban J connectivity index is 2.35. The van der Waals surface area contributed by atoms with Crippen LogP contribution in [0.25, 0.3) is 0 Å². The lowest BCUT2D eigenvalue weighted by Gasteiger charge is -2.30. The van der Waals surface area contributed by atoms with Crippen molar-refractivity contribution in [2.24, 2.45) is 10.9 Å². The third-order valence-electron chi connectivity index (χ3n) is 3.89. The van der Waals surface area contributed by atoms with Gasteiger partial charge in [0.25, 0.3) is 0 Å². The molecule has 0 amide bonds. The van der Waals surface area contributed by atoms with E-state index in [0.717, 1.165) is 19.3 Å². The molecule has 2 unspecified atom stereocenters. The Morgan fingerprint density at radius 3 is 2.84 bits per heavy atom. The van der Waals surface area contributed by atoms with Gasteiger partial charge >= 0.3 is 0 Å². The normalized spacial score (nSPS) is 23.9. The van der Waals surface area contributed by atoms with Gasteiger partial charge in [-0.15, -0.1) is 0 Å². The molecule has 1 fully saturated rings. The molecule has 3 N–H and O–H groups in total. The van der Waals surface area contributed by atoms with E-state index in [1.165, 1.54) is 6.07 Å². The molecule has 0 saturated carbocycles. The van der Waals surface area contributed by atoms with Crippen LogP contribution in [0.5, 0.6) is 0 Å². The van der Waals surface area contributed by atoms with Crippen LogP contribution in [0, 0.1) is 5.82 Å². The summed E-state index contributed by atoms with van der Waals surface area (Å²) in [5.74, 6) is -0.400. The van der Waals surface area contributed by atoms with Crippen molar-refractivity contribution in [3.8, 4) is 0 Å². The summed E-state index contributed by atoms with van der Waals surface area (Å²) in [6.07, 6.45) is 3.19. The van der Waals surface area contributed by atoms with Gasteiger partial charge in [-0.3, -0.25) is 0 Å². The highest BCUT2D eigenvalue weighted by Gasteiger charge is 2.31. The molecule has 0 aromatic heterocycles. The smallest absolute Gasteiger partial charge is 0.170 e. The summed E-state index contributed by atoms with van der Waals surface area (Å²) in [6, 6.07) is 5.45. The molecule has 0 radical (unpaired) electrons. The predicted octanol–water partition coefficient (Wildman–Crippen LogP) is 2.69. The van der Waals surface area contributed by atoms with Gasteiger partial charge in [-0.05, 0) is 44.4 Å². The molecule has 104 valence electrons. The van der Waals surface area contributed by atoms with Crippen molar-refractivity contribution < 1.29 is 9.60 Å². The molecule has 5 heteroatoms. The van der Waals surface area contributed by atoms with Crippen LogP contribution >= 0.6 is 0 Å². The maximum absolute atomic E-state index is 14.2. The number of rotatable bonds is 3. The van der Waals surface area contributed by atoms with E-state index in [-0.39, 0.29) is 11.7 Å². The molecule has 1 aliphatic rings. The number of anilines is 1. The zero-order chi connectivity index (χ0) is 14.0. The van der Waals surface area contributed by atoms with E-state index < -0.39 is 0 Å². The first-order valence-electron chi connectivity index (χ1n) is 6.64. The molecule has 1 heterocycles. The molecule has 0 aliphatic carbocycles. The zero-order valence-corrected chi connectivity index (χ0v) is 11.3. The average Bonchev–Trinajstić information content (AvgIpc) is 2.78. The van der Waals surface area contributed by atoms with Gasteiger partial charge in [0.2, 0.25) is 0 Å². The third kappa shape index (κ3) is 2.50. The van der Waals surface area contributed by atoms with Crippen molar-refractivity contribution in [1.82, 2.24) is 0 Å². The van der Waals surface area contributed by atoms with Gasteiger partial charge in [-0.25, -0.2) is 4.39 Å². The maximum atomic E-state index is 14.2. The first-order valence-corrected chi connectivity index (χ1v) is 6.64. The number of amidine groups is 1. The molecule has 0 bridgehead atoms. The van der Waals surface area contributed by atoms with E-state index in [9.17, 15) is 4.39 Å². The Kier molecular flexibility index (Phi) is 3.93. The lowest BCUT2D eigenvalue weighted by molar-refractivity contribution is 0.318. The van der Waals surface area contributed by atoms with Crippen LogP contribution < -0.4 is 10.6 Å². The second-order valence-electron chi connectivity index (χ2n) is 5.05. The summed E-state index contributed by atoms with van der Waals surface area (Å²) in [6.45, 7) is 4.24. The lowest BCUT2D eigenvalue weighted by Crippen LogP contribution is -2.34. The van der Waals surface area contributed by atoms with Crippen LogP contribution in [0.3, 0.4) is 0 Å². The van der Waals surface area contributed by atoms with Crippen molar-refractivity contribution in [3.05, 3.63) is 29.6 Å². The minimum atomic E-state index is -0.323. The minimum Gasteiger partial charge on any atom is -0.409 e. The average molecular weight is 265 g/mol. The molecular formula is C14H20FN3O. The van der Waals surface area contributed by atoms with Gasteiger partial charge in [0.15, 0.2) is 5.84 Å². The Labute approximate surface area is 112 Å². The van der Waals surface area contributed by atoms with Crippen molar-refractivity contribution in [3.63, 3.8) is 0 Å². The van der Waals surface area contributed by atoms with E-state index in [4.69, 9.17) is 10.9 Å². The van der Waals surface area contributed by atoms with Crippen LogP contribution in [0.15, 0.2) is 23.4 Å². The van der Waals surface area contributed by atoms with Crippen LogP contribution in [0.2, 0.25) is 0 Å². The van der Waals surface area contributed by atoms with Crippen molar-refractivity contribution in [2.75, 3.05) is 4.90 Å². The number of halogens is 1. The number of hydrogen-bond donors (Lipinski definition) is 2. The van der Waals surface area contributed by atoms with Gasteiger partial charge in [0.1, 0.15) is 5.82 Å². The summed E-state index contributed by atoms with van der Waals surface area (Å²) in [7, 11) is 0. The van der Waals surface area contributed by atoms with Crippen LogP contribution in [0.4, 0.5) is 10.1 Å². The standard InChI is InChI=1S/C14H20FN3O/c1-3-11-6-4-9(2)18(11)13-7-5-10(8-12(13)15)14(16)17-19/h5,7-9,11,19H,3-4,6H2,1-2H3,(H2,16,17). The fourth-order valence-corrected chi connectivity index (χ4v) is 2.84. The highest BCUT2D eigenvalue weighted by atomic mass is 19.1. The Bertz CT molecular complexity index is 490. The summed E-state index contributed by atoms with van der Waals surface area (Å²) >= 11 is 0. The molecule has 4 nitrogen and oxygen atoms in total. The quantitative estimate of drug-likeness (QED) is 0.382. The molecule has 2 rings (SSSR count). The SMILES string of the molecule is CCC1CCC(C)N1c1ccc(/C(N)=N/O)cc1F. The molecule has 1 aromatic rings. The summed E-state index contributed by atoms with van der Waals surface area (Å²) in [5, 5.41) is 11.5. The van der Waals surface area contributed by atoms with Crippen molar-refractivity contribution >= 4 is 11.5 Å². The van der Waals surface area contributed by atoms with Gasteiger partial charge < -0.3 is 15.8 Å². The molecule has 1 aliphatic heterocycles. The Morgan fingerprint density at radius 2 is 2.26 bits per heavy atom. The first-order chi connectivity index (χ1) is 9.08. The van der Waals surface area contributed by atoms with E-state index >= 15 is 0 Å². The monoisotopic (exact) mass is 265 g/mol. The van der Waals surface area contributed by atoms with Gasteiger partial charge in [0.05, 0.1) is 5.69 Å². The first kappa shape index (κ1) is 13.6. The number of nitrogens with two attached hydrogens (primary N) is 1. The topological polar surface area (TPSA) is 61.8 Å². The van der Waals surface area contributed by atoms with Crippen LogP contribution in [-0.4, -0.2) is 23.1 Å². The van der Waals surface area contributed by atoms with Crippen LogP contribution in [0.1, 0.15) is 38.7 Å². The van der Waals surface area contributed by atoms with E-state index in [1.807, 2.05) is 0 Å². The Morgan fingerprint density at radius 1 is 1.53 bits per heavy atom. The van der Waals surface area contributed by atoms with Crippen molar-refractivity contribution in [2.45, 2.75) is 45.2 Å². The largest absolute Gasteiger partial charge is 0.409 e. The van der Waals surface area contributed by atoms with Gasteiger partial charge in [-0.2, -0.15) is 0 Å².